The predicted octanol–water partition coefficient (Wildman–Crippen LogP) is 2.25. The maximum atomic E-state index is 12.0. The minimum absolute atomic E-state index is 0.111. The lowest BCUT2D eigenvalue weighted by molar-refractivity contribution is 0.102. The largest absolute Gasteiger partial charge is 0.494 e. The Morgan fingerprint density at radius 1 is 1.32 bits per heavy atom. The summed E-state index contributed by atoms with van der Waals surface area (Å²) in [6, 6.07) is 8.01. The maximum absolute atomic E-state index is 12.0. The molecule has 2 aromatic rings. The second-order valence-electron chi connectivity index (χ2n) is 4.03. The van der Waals surface area contributed by atoms with Crippen LogP contribution in [0, 0.1) is 10.5 Å². The molecule has 2 rings (SSSR count). The number of aromatic nitrogens is 1. The van der Waals surface area contributed by atoms with E-state index in [9.17, 15) is 14.7 Å². The molecule has 0 saturated carbocycles. The van der Waals surface area contributed by atoms with Crippen LogP contribution in [0.2, 0.25) is 0 Å². The molecule has 0 saturated heterocycles. The predicted molar refractivity (Wildman–Crippen MR) is 80.6 cm³/mol. The fourth-order valence-electron chi connectivity index (χ4n) is 1.58. The van der Waals surface area contributed by atoms with Gasteiger partial charge in [0.15, 0.2) is 5.88 Å². The van der Waals surface area contributed by atoms with Gasteiger partial charge in [-0.25, -0.2) is 0 Å². The van der Waals surface area contributed by atoms with Crippen molar-refractivity contribution in [3.8, 4) is 5.88 Å². The van der Waals surface area contributed by atoms with Crippen molar-refractivity contribution in [2.75, 3.05) is 5.32 Å². The number of hydrogen-bond acceptors (Lipinski definition) is 3. The maximum Gasteiger partial charge on any atom is 0.256 e. The number of pyridine rings is 1. The highest BCUT2D eigenvalue weighted by molar-refractivity contribution is 14.1. The van der Waals surface area contributed by atoms with E-state index in [0.29, 0.717) is 5.69 Å². The lowest BCUT2D eigenvalue weighted by atomic mass is 10.2. The molecule has 1 heterocycles. The van der Waals surface area contributed by atoms with Gasteiger partial charge in [0.2, 0.25) is 0 Å². The van der Waals surface area contributed by atoms with E-state index >= 15 is 0 Å². The highest BCUT2D eigenvalue weighted by Gasteiger charge is 2.10. The van der Waals surface area contributed by atoms with Gasteiger partial charge in [0.05, 0.1) is 5.56 Å². The third-order valence-corrected chi connectivity index (χ3v) is 3.21. The van der Waals surface area contributed by atoms with E-state index in [2.05, 4.69) is 32.9 Å². The Labute approximate surface area is 122 Å². The van der Waals surface area contributed by atoms with Gasteiger partial charge in [-0.3, -0.25) is 14.6 Å². The SMILES string of the molecule is Cc1ccc(I)cc1NC(=O)c1cc(O)[nH]c(=O)c1. The number of aryl methyl sites for hydroxylation is 1. The van der Waals surface area contributed by atoms with Gasteiger partial charge >= 0.3 is 0 Å². The van der Waals surface area contributed by atoms with E-state index < -0.39 is 11.5 Å². The molecule has 1 aromatic carbocycles. The number of carbonyl (C=O) groups is 1. The Bertz CT molecular complexity index is 695. The number of halogens is 1. The highest BCUT2D eigenvalue weighted by Crippen LogP contribution is 2.19. The van der Waals surface area contributed by atoms with Gasteiger partial charge < -0.3 is 10.4 Å². The zero-order valence-electron chi connectivity index (χ0n) is 10.0. The first-order valence-electron chi connectivity index (χ1n) is 5.46. The Balaban J connectivity index is 2.30. The Morgan fingerprint density at radius 2 is 2.05 bits per heavy atom. The summed E-state index contributed by atoms with van der Waals surface area (Å²) >= 11 is 2.15. The molecule has 98 valence electrons. The summed E-state index contributed by atoms with van der Waals surface area (Å²) in [5, 5.41) is 12.0. The number of amides is 1. The number of anilines is 1. The van der Waals surface area contributed by atoms with E-state index in [0.717, 1.165) is 15.2 Å². The van der Waals surface area contributed by atoms with Crippen LogP contribution in [0.4, 0.5) is 5.69 Å². The van der Waals surface area contributed by atoms with Gasteiger partial charge in [-0.05, 0) is 47.2 Å². The number of rotatable bonds is 2. The van der Waals surface area contributed by atoms with E-state index in [1.165, 1.54) is 6.07 Å². The zero-order chi connectivity index (χ0) is 14.0. The van der Waals surface area contributed by atoms with Crippen molar-refractivity contribution in [3.63, 3.8) is 0 Å². The minimum Gasteiger partial charge on any atom is -0.494 e. The average molecular weight is 370 g/mol. The van der Waals surface area contributed by atoms with Crippen molar-refractivity contribution in [2.24, 2.45) is 0 Å². The van der Waals surface area contributed by atoms with Crippen molar-refractivity contribution >= 4 is 34.2 Å². The number of benzene rings is 1. The quantitative estimate of drug-likeness (QED) is 0.710. The molecule has 19 heavy (non-hydrogen) atoms. The summed E-state index contributed by atoms with van der Waals surface area (Å²) in [6.45, 7) is 1.88. The first-order valence-corrected chi connectivity index (χ1v) is 6.54. The summed E-state index contributed by atoms with van der Waals surface area (Å²) in [7, 11) is 0. The van der Waals surface area contributed by atoms with E-state index in [1.54, 1.807) is 0 Å². The van der Waals surface area contributed by atoms with Crippen LogP contribution in [-0.2, 0) is 0 Å². The van der Waals surface area contributed by atoms with Gasteiger partial charge in [0.25, 0.3) is 11.5 Å². The molecule has 0 spiro atoms. The number of nitrogens with one attached hydrogen (secondary N) is 2. The van der Waals surface area contributed by atoms with Gasteiger partial charge in [-0.15, -0.1) is 0 Å². The van der Waals surface area contributed by atoms with Gasteiger partial charge in [0, 0.05) is 21.4 Å². The second kappa shape index (κ2) is 5.43. The summed E-state index contributed by atoms with van der Waals surface area (Å²) in [5.74, 6) is -0.775. The van der Waals surface area contributed by atoms with E-state index in [1.807, 2.05) is 25.1 Å². The van der Waals surface area contributed by atoms with Crippen LogP contribution in [0.15, 0.2) is 35.1 Å². The number of aromatic hydroxyl groups is 1. The van der Waals surface area contributed by atoms with Crippen LogP contribution in [0.5, 0.6) is 5.88 Å². The lowest BCUT2D eigenvalue weighted by Gasteiger charge is -2.09. The average Bonchev–Trinajstić information content (AvgIpc) is 2.32. The van der Waals surface area contributed by atoms with Crippen LogP contribution < -0.4 is 10.9 Å². The lowest BCUT2D eigenvalue weighted by Crippen LogP contribution is -2.16. The Kier molecular flexibility index (Phi) is 3.89. The third kappa shape index (κ3) is 3.34. The van der Waals surface area contributed by atoms with Crippen LogP contribution in [-0.4, -0.2) is 16.0 Å². The number of H-pyrrole nitrogens is 1. The molecular weight excluding hydrogens is 359 g/mol. The molecule has 0 unspecified atom stereocenters. The number of carbonyl (C=O) groups excluding carboxylic acids is 1. The monoisotopic (exact) mass is 370 g/mol. The van der Waals surface area contributed by atoms with E-state index in [-0.39, 0.29) is 11.4 Å². The molecule has 1 aromatic heterocycles. The molecular formula is C13H11IN2O3. The Morgan fingerprint density at radius 3 is 2.74 bits per heavy atom. The molecule has 0 fully saturated rings. The minimum atomic E-state index is -0.524. The van der Waals surface area contributed by atoms with Crippen LogP contribution in [0.1, 0.15) is 15.9 Å². The van der Waals surface area contributed by atoms with Crippen molar-refractivity contribution in [3.05, 3.63) is 55.4 Å². The third-order valence-electron chi connectivity index (χ3n) is 2.54. The fourth-order valence-corrected chi connectivity index (χ4v) is 2.07. The van der Waals surface area contributed by atoms with Crippen LogP contribution >= 0.6 is 22.6 Å². The molecule has 0 aliphatic rings. The fraction of sp³-hybridized carbons (Fsp3) is 0.0769. The van der Waals surface area contributed by atoms with Gasteiger partial charge in [-0.2, -0.15) is 0 Å². The van der Waals surface area contributed by atoms with Crippen molar-refractivity contribution in [1.82, 2.24) is 4.98 Å². The molecule has 3 N–H and O–H groups in total. The van der Waals surface area contributed by atoms with Gasteiger partial charge in [0.1, 0.15) is 0 Å². The second-order valence-corrected chi connectivity index (χ2v) is 5.28. The number of aromatic amines is 1. The molecule has 0 atom stereocenters. The summed E-state index contributed by atoms with van der Waals surface area (Å²) in [4.78, 5) is 25.4. The van der Waals surface area contributed by atoms with E-state index in [4.69, 9.17) is 0 Å². The molecule has 0 aliphatic carbocycles. The molecule has 0 radical (unpaired) electrons. The van der Waals surface area contributed by atoms with Crippen LogP contribution in [0.25, 0.3) is 0 Å². The molecule has 6 heteroatoms. The molecule has 5 nitrogen and oxygen atoms in total. The van der Waals surface area contributed by atoms with Crippen LogP contribution in [0.3, 0.4) is 0 Å². The molecule has 1 amide bonds. The van der Waals surface area contributed by atoms with Crippen molar-refractivity contribution in [2.45, 2.75) is 6.92 Å². The van der Waals surface area contributed by atoms with Crippen molar-refractivity contribution < 1.29 is 9.90 Å². The summed E-state index contributed by atoms with van der Waals surface area (Å²) < 4.78 is 0.993. The first kappa shape index (κ1) is 13.6. The summed E-state index contributed by atoms with van der Waals surface area (Å²) in [5.41, 5.74) is 1.18. The van der Waals surface area contributed by atoms with Crippen molar-refractivity contribution in [1.29, 1.82) is 0 Å². The topological polar surface area (TPSA) is 82.2 Å². The number of hydrogen-bond donors (Lipinski definition) is 3. The summed E-state index contributed by atoms with van der Waals surface area (Å²) in [6.07, 6.45) is 0. The van der Waals surface area contributed by atoms with Gasteiger partial charge in [-0.1, -0.05) is 6.07 Å². The standard InChI is InChI=1S/C13H11IN2O3/c1-7-2-3-9(14)6-10(7)15-13(19)8-4-11(17)16-12(18)5-8/h2-6H,1H3,(H,15,19)(H2,16,17,18). The smallest absolute Gasteiger partial charge is 0.256 e. The zero-order valence-corrected chi connectivity index (χ0v) is 12.2. The first-order chi connectivity index (χ1) is 8.95. The molecule has 0 aliphatic heterocycles. The normalized spacial score (nSPS) is 10.2. The molecule has 0 bridgehead atoms. The Hall–Kier alpha value is -1.83. The highest BCUT2D eigenvalue weighted by atomic mass is 127.